The minimum absolute atomic E-state index is 0.0730. The van der Waals surface area contributed by atoms with Gasteiger partial charge in [-0.15, -0.1) is 0 Å². The predicted molar refractivity (Wildman–Crippen MR) is 56.3 cm³/mol. The maximum absolute atomic E-state index is 12.8. The zero-order valence-corrected chi connectivity index (χ0v) is 8.52. The third-order valence-corrected chi connectivity index (χ3v) is 1.92. The van der Waals surface area contributed by atoms with Gasteiger partial charge in [-0.2, -0.15) is 4.39 Å². The van der Waals surface area contributed by atoms with E-state index in [4.69, 9.17) is 0 Å². The van der Waals surface area contributed by atoms with Gasteiger partial charge in [0, 0.05) is 0 Å². The van der Waals surface area contributed by atoms with Crippen molar-refractivity contribution in [2.24, 2.45) is 0 Å². The minimum Gasteiger partial charge on any atom is -0.305 e. The summed E-state index contributed by atoms with van der Waals surface area (Å²) in [6.45, 7) is 0. The van der Waals surface area contributed by atoms with Crippen molar-refractivity contribution >= 4 is 11.7 Å². The quantitative estimate of drug-likeness (QED) is 0.810. The fraction of sp³-hybridized carbons (Fsp3) is 0. The van der Waals surface area contributed by atoms with Crippen molar-refractivity contribution in [3.8, 4) is 0 Å². The Bertz CT molecular complexity index is 543. The van der Waals surface area contributed by atoms with Gasteiger partial charge in [-0.05, 0) is 24.3 Å². The Hall–Kier alpha value is -2.37. The molecule has 2 aromatic rings. The van der Waals surface area contributed by atoms with E-state index in [0.29, 0.717) is 0 Å². The predicted octanol–water partition coefficient (Wildman–Crippen LogP) is 2.01. The van der Waals surface area contributed by atoms with Crippen LogP contribution in [0.15, 0.2) is 36.5 Å². The van der Waals surface area contributed by atoms with Crippen LogP contribution >= 0.6 is 0 Å². The summed E-state index contributed by atoms with van der Waals surface area (Å²) in [5, 5.41) is 2.37. The van der Waals surface area contributed by atoms with Gasteiger partial charge in [0.15, 0.2) is 0 Å². The van der Waals surface area contributed by atoms with Gasteiger partial charge in [-0.25, -0.2) is 14.4 Å². The molecule has 0 radical (unpaired) electrons. The third kappa shape index (κ3) is 2.81. The number of anilines is 1. The van der Waals surface area contributed by atoms with Gasteiger partial charge >= 0.3 is 0 Å². The molecule has 6 heteroatoms. The van der Waals surface area contributed by atoms with Gasteiger partial charge < -0.3 is 5.32 Å². The van der Waals surface area contributed by atoms with Crippen molar-refractivity contribution in [2.75, 3.05) is 5.32 Å². The average Bonchev–Trinajstić information content (AvgIpc) is 2.32. The monoisotopic (exact) mass is 235 g/mol. The van der Waals surface area contributed by atoms with Crippen LogP contribution in [-0.2, 0) is 0 Å². The molecule has 0 aliphatic rings. The van der Waals surface area contributed by atoms with E-state index in [9.17, 15) is 13.6 Å². The van der Waals surface area contributed by atoms with Crippen LogP contribution in [0.3, 0.4) is 0 Å². The van der Waals surface area contributed by atoms with E-state index in [1.807, 2.05) is 0 Å². The summed E-state index contributed by atoms with van der Waals surface area (Å²) in [5.74, 6) is -1.69. The number of amides is 1. The number of nitrogens with one attached hydrogen (secondary N) is 1. The molecule has 17 heavy (non-hydrogen) atoms. The fourth-order valence-electron chi connectivity index (χ4n) is 1.16. The van der Waals surface area contributed by atoms with Gasteiger partial charge in [0.25, 0.3) is 5.91 Å². The van der Waals surface area contributed by atoms with E-state index in [1.165, 1.54) is 18.2 Å². The summed E-state index contributed by atoms with van der Waals surface area (Å²) >= 11 is 0. The van der Waals surface area contributed by atoms with Gasteiger partial charge in [-0.3, -0.25) is 4.79 Å². The lowest BCUT2D eigenvalue weighted by Crippen LogP contribution is -2.15. The molecular formula is C11H7F2N3O. The van der Waals surface area contributed by atoms with Gasteiger partial charge in [0.05, 0.1) is 6.20 Å². The molecule has 0 saturated heterocycles. The zero-order chi connectivity index (χ0) is 12.3. The molecule has 0 atom stereocenters. The number of hydrogen-bond donors (Lipinski definition) is 1. The molecule has 2 rings (SSSR count). The van der Waals surface area contributed by atoms with E-state index in [2.05, 4.69) is 15.3 Å². The molecular weight excluding hydrogens is 228 g/mol. The smallest absolute Gasteiger partial charge is 0.275 e. The van der Waals surface area contributed by atoms with Crippen molar-refractivity contribution in [2.45, 2.75) is 0 Å². The molecule has 4 nitrogen and oxygen atoms in total. The molecule has 0 saturated carbocycles. The maximum atomic E-state index is 12.8. The van der Waals surface area contributed by atoms with Crippen molar-refractivity contribution in [1.82, 2.24) is 9.97 Å². The molecule has 2 heterocycles. The maximum Gasteiger partial charge on any atom is 0.275 e. The topological polar surface area (TPSA) is 54.9 Å². The average molecular weight is 235 g/mol. The highest BCUT2D eigenvalue weighted by molar-refractivity contribution is 6.02. The molecule has 2 aromatic heterocycles. The number of pyridine rings is 2. The summed E-state index contributed by atoms with van der Waals surface area (Å²) < 4.78 is 25.3. The minimum atomic E-state index is -0.746. The van der Waals surface area contributed by atoms with Crippen LogP contribution in [0.5, 0.6) is 0 Å². The number of carbonyl (C=O) groups is 1. The SMILES string of the molecule is O=C(Nc1ccc(F)cn1)c1cccc(F)n1. The summed E-state index contributed by atoms with van der Waals surface area (Å²) in [7, 11) is 0. The van der Waals surface area contributed by atoms with E-state index in [0.717, 1.165) is 18.3 Å². The van der Waals surface area contributed by atoms with Crippen LogP contribution in [0.25, 0.3) is 0 Å². The first-order valence-corrected chi connectivity index (χ1v) is 4.70. The Labute approximate surface area is 95.3 Å². The van der Waals surface area contributed by atoms with Crippen molar-refractivity contribution < 1.29 is 13.6 Å². The Morgan fingerprint density at radius 2 is 2.00 bits per heavy atom. The van der Waals surface area contributed by atoms with E-state index < -0.39 is 17.7 Å². The van der Waals surface area contributed by atoms with Crippen molar-refractivity contribution in [3.05, 3.63) is 54.0 Å². The van der Waals surface area contributed by atoms with E-state index >= 15 is 0 Å². The molecule has 0 aromatic carbocycles. The number of carbonyl (C=O) groups excluding carboxylic acids is 1. The Kier molecular flexibility index (Phi) is 3.04. The van der Waals surface area contributed by atoms with Crippen LogP contribution in [0.4, 0.5) is 14.6 Å². The molecule has 1 N–H and O–H groups in total. The first-order valence-electron chi connectivity index (χ1n) is 4.70. The first kappa shape index (κ1) is 11.1. The summed E-state index contributed by atoms with van der Waals surface area (Å²) in [5.41, 5.74) is -0.0730. The lowest BCUT2D eigenvalue weighted by Gasteiger charge is -2.03. The Morgan fingerprint density at radius 3 is 2.65 bits per heavy atom. The second-order valence-corrected chi connectivity index (χ2v) is 3.16. The second-order valence-electron chi connectivity index (χ2n) is 3.16. The normalized spacial score (nSPS) is 10.0. The summed E-state index contributed by atoms with van der Waals surface area (Å²) in [6, 6.07) is 6.32. The highest BCUT2D eigenvalue weighted by Crippen LogP contribution is 2.06. The van der Waals surface area contributed by atoms with Gasteiger partial charge in [0.2, 0.25) is 5.95 Å². The van der Waals surface area contributed by atoms with Crippen LogP contribution in [-0.4, -0.2) is 15.9 Å². The standard InChI is InChI=1S/C11H7F2N3O/c12-7-4-5-10(14-6-7)16-11(17)8-2-1-3-9(13)15-8/h1-6H,(H,14,16,17). The fourth-order valence-corrected chi connectivity index (χ4v) is 1.16. The van der Waals surface area contributed by atoms with Crippen LogP contribution < -0.4 is 5.32 Å². The summed E-state index contributed by atoms with van der Waals surface area (Å²) in [4.78, 5) is 18.6. The van der Waals surface area contributed by atoms with Crippen LogP contribution in [0.1, 0.15) is 10.5 Å². The van der Waals surface area contributed by atoms with Crippen molar-refractivity contribution in [3.63, 3.8) is 0 Å². The molecule has 0 aliphatic carbocycles. The molecule has 86 valence electrons. The van der Waals surface area contributed by atoms with E-state index in [1.54, 1.807) is 0 Å². The van der Waals surface area contributed by atoms with E-state index in [-0.39, 0.29) is 11.5 Å². The third-order valence-electron chi connectivity index (χ3n) is 1.92. The molecule has 0 fully saturated rings. The van der Waals surface area contributed by atoms with Crippen LogP contribution in [0.2, 0.25) is 0 Å². The number of halogens is 2. The molecule has 0 unspecified atom stereocenters. The number of hydrogen-bond acceptors (Lipinski definition) is 3. The van der Waals surface area contributed by atoms with Crippen molar-refractivity contribution in [1.29, 1.82) is 0 Å². The highest BCUT2D eigenvalue weighted by Gasteiger charge is 2.08. The second kappa shape index (κ2) is 4.65. The van der Waals surface area contributed by atoms with Gasteiger partial charge in [-0.1, -0.05) is 6.07 Å². The van der Waals surface area contributed by atoms with Gasteiger partial charge in [0.1, 0.15) is 17.3 Å². The lowest BCUT2D eigenvalue weighted by molar-refractivity contribution is 0.102. The first-order chi connectivity index (χ1) is 8.15. The largest absolute Gasteiger partial charge is 0.305 e. The highest BCUT2D eigenvalue weighted by atomic mass is 19.1. The molecule has 0 bridgehead atoms. The summed E-state index contributed by atoms with van der Waals surface area (Å²) in [6.07, 6.45) is 0.967. The lowest BCUT2D eigenvalue weighted by atomic mass is 10.3. The Balaban J connectivity index is 2.14. The number of rotatable bonds is 2. The molecule has 0 spiro atoms. The number of nitrogens with zero attached hydrogens (tertiary/aromatic N) is 2. The Morgan fingerprint density at radius 1 is 1.18 bits per heavy atom. The zero-order valence-electron chi connectivity index (χ0n) is 8.52. The number of aromatic nitrogens is 2. The molecule has 1 amide bonds. The molecule has 0 aliphatic heterocycles. The van der Waals surface area contributed by atoms with Crippen LogP contribution in [0, 0.1) is 11.8 Å².